The van der Waals surface area contributed by atoms with Crippen molar-refractivity contribution in [3.63, 3.8) is 0 Å². The molecule has 0 saturated carbocycles. The molecule has 2 aromatic rings. The van der Waals surface area contributed by atoms with Crippen LogP contribution in [0.15, 0.2) is 30.3 Å². The van der Waals surface area contributed by atoms with E-state index in [4.69, 9.17) is 4.74 Å². The first-order valence-electron chi connectivity index (χ1n) is 7.86. The maximum absolute atomic E-state index is 12.8. The molecule has 1 amide bonds. The fourth-order valence-corrected chi connectivity index (χ4v) is 1.97. The van der Waals surface area contributed by atoms with E-state index in [1.54, 1.807) is 0 Å². The van der Waals surface area contributed by atoms with Crippen LogP contribution in [0, 0.1) is 12.7 Å². The van der Waals surface area contributed by atoms with Gasteiger partial charge < -0.3 is 20.3 Å². The van der Waals surface area contributed by atoms with Crippen molar-refractivity contribution in [3.8, 4) is 5.75 Å². The third kappa shape index (κ3) is 6.25. The number of amides is 1. The molecule has 0 unspecified atom stereocenters. The lowest BCUT2D eigenvalue weighted by Crippen LogP contribution is -2.33. The Bertz CT molecular complexity index is 707. The molecule has 1 heterocycles. The Hall–Kier alpha value is -2.90. The summed E-state index contributed by atoms with van der Waals surface area (Å²) in [7, 11) is 3.82. The average Bonchev–Trinajstić information content (AvgIpc) is 2.57. The molecular weight excluding hydrogens is 325 g/mol. The molecule has 0 saturated heterocycles. The molecule has 0 radical (unpaired) electrons. The van der Waals surface area contributed by atoms with Gasteiger partial charge >= 0.3 is 0 Å². The molecule has 0 spiro atoms. The molecule has 0 atom stereocenters. The van der Waals surface area contributed by atoms with E-state index >= 15 is 0 Å². The predicted molar refractivity (Wildman–Crippen MR) is 94.5 cm³/mol. The number of carbonyl (C=O) groups is 1. The molecule has 0 aliphatic heterocycles. The minimum absolute atomic E-state index is 0.128. The Morgan fingerprint density at radius 1 is 1.20 bits per heavy atom. The van der Waals surface area contributed by atoms with E-state index in [1.807, 2.05) is 32.0 Å². The van der Waals surface area contributed by atoms with Gasteiger partial charge in [0.15, 0.2) is 6.61 Å². The number of aromatic nitrogens is 2. The summed E-state index contributed by atoms with van der Waals surface area (Å²) in [5.41, 5.74) is 0.859. The van der Waals surface area contributed by atoms with Crippen LogP contribution in [0.1, 0.15) is 5.69 Å². The van der Waals surface area contributed by atoms with Crippen molar-refractivity contribution < 1.29 is 13.9 Å². The van der Waals surface area contributed by atoms with Crippen LogP contribution in [0.5, 0.6) is 5.75 Å². The second kappa shape index (κ2) is 8.81. The topological polar surface area (TPSA) is 79.4 Å². The minimum atomic E-state index is -0.348. The highest BCUT2D eigenvalue weighted by Gasteiger charge is 2.05. The van der Waals surface area contributed by atoms with Crippen LogP contribution in [0.25, 0.3) is 0 Å². The smallest absolute Gasteiger partial charge is 0.258 e. The van der Waals surface area contributed by atoms with Crippen molar-refractivity contribution in [2.45, 2.75) is 6.92 Å². The normalized spacial score (nSPS) is 10.2. The van der Waals surface area contributed by atoms with E-state index in [2.05, 4.69) is 20.6 Å². The quantitative estimate of drug-likeness (QED) is 0.706. The molecule has 0 aliphatic rings. The fourth-order valence-electron chi connectivity index (χ4n) is 1.97. The number of benzene rings is 1. The summed E-state index contributed by atoms with van der Waals surface area (Å²) in [6.45, 7) is 2.66. The predicted octanol–water partition coefficient (Wildman–Crippen LogP) is 1.60. The van der Waals surface area contributed by atoms with Crippen molar-refractivity contribution in [2.24, 2.45) is 0 Å². The molecule has 2 rings (SSSR count). The van der Waals surface area contributed by atoms with Crippen LogP contribution in [-0.2, 0) is 4.79 Å². The summed E-state index contributed by atoms with van der Waals surface area (Å²) in [6, 6.07) is 7.39. The summed E-state index contributed by atoms with van der Waals surface area (Å²) in [4.78, 5) is 22.3. The molecule has 8 heteroatoms. The lowest BCUT2D eigenvalue weighted by molar-refractivity contribution is -0.123. The maximum Gasteiger partial charge on any atom is 0.258 e. The number of nitrogens with zero attached hydrogens (tertiary/aromatic N) is 3. The number of nitrogens with one attached hydrogen (secondary N) is 2. The number of rotatable bonds is 8. The van der Waals surface area contributed by atoms with E-state index < -0.39 is 0 Å². The van der Waals surface area contributed by atoms with Crippen LogP contribution < -0.4 is 20.3 Å². The van der Waals surface area contributed by atoms with Crippen LogP contribution >= 0.6 is 0 Å². The number of anilines is 2. The van der Waals surface area contributed by atoms with Crippen LogP contribution in [-0.4, -0.2) is 49.7 Å². The summed E-state index contributed by atoms with van der Waals surface area (Å²) >= 11 is 0. The van der Waals surface area contributed by atoms with Gasteiger partial charge in [-0.25, -0.2) is 9.37 Å². The highest BCUT2D eigenvalue weighted by Crippen LogP contribution is 2.12. The van der Waals surface area contributed by atoms with E-state index in [0.717, 1.165) is 11.5 Å². The largest absolute Gasteiger partial charge is 0.484 e. The Kier molecular flexibility index (Phi) is 6.50. The number of hydrogen-bond acceptors (Lipinski definition) is 6. The third-order valence-corrected chi connectivity index (χ3v) is 3.21. The Balaban J connectivity index is 1.70. The molecule has 25 heavy (non-hydrogen) atoms. The molecular formula is C17H22FN5O2. The zero-order chi connectivity index (χ0) is 18.2. The SMILES string of the molecule is Cc1cc(N(C)C)nc(NCCNC(=O)COc2ccc(F)cc2)n1. The Labute approximate surface area is 146 Å². The number of halogens is 1. The number of carbonyl (C=O) groups excluding carboxylic acids is 1. The molecule has 1 aromatic heterocycles. The van der Waals surface area contributed by atoms with Gasteiger partial charge in [-0.15, -0.1) is 0 Å². The third-order valence-electron chi connectivity index (χ3n) is 3.21. The van der Waals surface area contributed by atoms with Gasteiger partial charge in [-0.2, -0.15) is 4.98 Å². The van der Waals surface area contributed by atoms with Gasteiger partial charge in [0.1, 0.15) is 17.4 Å². The van der Waals surface area contributed by atoms with Gasteiger partial charge in [0, 0.05) is 38.9 Å². The molecule has 1 aromatic carbocycles. The van der Waals surface area contributed by atoms with Crippen molar-refractivity contribution in [1.82, 2.24) is 15.3 Å². The van der Waals surface area contributed by atoms with Gasteiger partial charge in [0.2, 0.25) is 5.95 Å². The molecule has 0 aliphatic carbocycles. The van der Waals surface area contributed by atoms with E-state index in [-0.39, 0.29) is 18.3 Å². The van der Waals surface area contributed by atoms with Gasteiger partial charge in [-0.3, -0.25) is 4.79 Å². The monoisotopic (exact) mass is 347 g/mol. The number of hydrogen-bond donors (Lipinski definition) is 2. The molecule has 0 bridgehead atoms. The lowest BCUT2D eigenvalue weighted by Gasteiger charge is -2.14. The second-order valence-corrected chi connectivity index (χ2v) is 5.60. The van der Waals surface area contributed by atoms with Crippen molar-refractivity contribution in [1.29, 1.82) is 0 Å². The summed E-state index contributed by atoms with van der Waals surface area (Å²) in [5.74, 6) is 1.16. The minimum Gasteiger partial charge on any atom is -0.484 e. The van der Waals surface area contributed by atoms with Crippen molar-refractivity contribution in [2.75, 3.05) is 44.0 Å². The van der Waals surface area contributed by atoms with Crippen LogP contribution in [0.2, 0.25) is 0 Å². The van der Waals surface area contributed by atoms with Gasteiger partial charge in [0.05, 0.1) is 0 Å². The van der Waals surface area contributed by atoms with E-state index in [1.165, 1.54) is 24.3 Å². The average molecular weight is 347 g/mol. The van der Waals surface area contributed by atoms with Crippen molar-refractivity contribution >= 4 is 17.7 Å². The van der Waals surface area contributed by atoms with Gasteiger partial charge in [-0.1, -0.05) is 0 Å². The first-order valence-corrected chi connectivity index (χ1v) is 7.86. The lowest BCUT2D eigenvalue weighted by atomic mass is 10.3. The maximum atomic E-state index is 12.8. The van der Waals surface area contributed by atoms with E-state index in [9.17, 15) is 9.18 Å². The van der Waals surface area contributed by atoms with Crippen LogP contribution in [0.3, 0.4) is 0 Å². The number of ether oxygens (including phenoxy) is 1. The Morgan fingerprint density at radius 3 is 2.60 bits per heavy atom. The van der Waals surface area contributed by atoms with Gasteiger partial charge in [0.25, 0.3) is 5.91 Å². The number of aryl methyl sites for hydroxylation is 1. The fraction of sp³-hybridized carbons (Fsp3) is 0.353. The van der Waals surface area contributed by atoms with Crippen LogP contribution in [0.4, 0.5) is 16.2 Å². The highest BCUT2D eigenvalue weighted by molar-refractivity contribution is 5.77. The molecule has 7 nitrogen and oxygen atoms in total. The summed E-state index contributed by atoms with van der Waals surface area (Å²) in [5, 5.41) is 5.79. The van der Waals surface area contributed by atoms with Gasteiger partial charge in [-0.05, 0) is 31.2 Å². The molecule has 2 N–H and O–H groups in total. The molecule has 0 fully saturated rings. The summed E-state index contributed by atoms with van der Waals surface area (Å²) in [6.07, 6.45) is 0. The first-order chi connectivity index (χ1) is 11.9. The summed E-state index contributed by atoms with van der Waals surface area (Å²) < 4.78 is 18.0. The zero-order valence-electron chi connectivity index (χ0n) is 14.5. The first kappa shape index (κ1) is 18.4. The zero-order valence-corrected chi connectivity index (χ0v) is 14.5. The molecule has 134 valence electrons. The second-order valence-electron chi connectivity index (χ2n) is 5.60. The van der Waals surface area contributed by atoms with Crippen molar-refractivity contribution in [3.05, 3.63) is 41.8 Å². The Morgan fingerprint density at radius 2 is 1.92 bits per heavy atom. The highest BCUT2D eigenvalue weighted by atomic mass is 19.1. The van der Waals surface area contributed by atoms with E-state index in [0.29, 0.717) is 24.8 Å². The standard InChI is InChI=1S/C17H22FN5O2/c1-12-10-15(23(2)3)22-17(21-12)20-9-8-19-16(24)11-25-14-6-4-13(18)5-7-14/h4-7,10H,8-9,11H2,1-3H3,(H,19,24)(H,20,21,22).